The Balaban J connectivity index is 2.37. The van der Waals surface area contributed by atoms with Crippen LogP contribution in [0.4, 0.5) is 5.82 Å². The third-order valence-electron chi connectivity index (χ3n) is 7.51. The summed E-state index contributed by atoms with van der Waals surface area (Å²) in [6, 6.07) is 1.75. The highest BCUT2D eigenvalue weighted by Crippen LogP contribution is 2.12. The number of hydrogen-bond donors (Lipinski definition) is 4. The van der Waals surface area contributed by atoms with E-state index in [4.69, 9.17) is 14.2 Å². The fraction of sp³-hybridized carbons (Fsp3) is 0.714. The first kappa shape index (κ1) is 42.4. The number of aromatic nitrogens is 1. The summed E-state index contributed by atoms with van der Waals surface area (Å²) in [6.45, 7) is 10.3. The molecule has 3 atom stereocenters. The van der Waals surface area contributed by atoms with Crippen LogP contribution in [0.5, 0.6) is 0 Å². The van der Waals surface area contributed by atoms with Crippen molar-refractivity contribution in [3.05, 3.63) is 23.9 Å². The van der Waals surface area contributed by atoms with Crippen molar-refractivity contribution in [3.63, 3.8) is 0 Å². The van der Waals surface area contributed by atoms with E-state index in [0.29, 0.717) is 26.2 Å². The van der Waals surface area contributed by atoms with Gasteiger partial charge in [0.1, 0.15) is 36.2 Å². The van der Waals surface area contributed by atoms with Crippen LogP contribution >= 0.6 is 0 Å². The summed E-state index contributed by atoms with van der Waals surface area (Å²) in [7, 11) is 0. The molecule has 272 valence electrons. The SMILES string of the molecule is CCCCCCCCCCCCCC(=O)N[C@@H](C)C(=O)Nc1cccc(C(=O)N[C@@H](C)C(=O)N[C@H](C)C(=O)OCCOCCOCC)n1. The zero-order valence-corrected chi connectivity index (χ0v) is 29.7. The van der Waals surface area contributed by atoms with Gasteiger partial charge in [-0.1, -0.05) is 77.2 Å². The number of carbonyl (C=O) groups excluding carboxylic acids is 5. The molecule has 0 radical (unpaired) electrons. The number of anilines is 1. The average Bonchev–Trinajstić information content (AvgIpc) is 3.06. The number of pyridine rings is 1. The van der Waals surface area contributed by atoms with E-state index in [1.165, 1.54) is 83.4 Å². The van der Waals surface area contributed by atoms with Crippen molar-refractivity contribution in [3.8, 4) is 0 Å². The minimum Gasteiger partial charge on any atom is -0.462 e. The quantitative estimate of drug-likeness (QED) is 0.0775. The minimum atomic E-state index is -0.995. The molecule has 0 saturated carbocycles. The van der Waals surface area contributed by atoms with Gasteiger partial charge >= 0.3 is 5.97 Å². The molecule has 0 aliphatic heterocycles. The predicted molar refractivity (Wildman–Crippen MR) is 184 cm³/mol. The van der Waals surface area contributed by atoms with E-state index < -0.39 is 41.8 Å². The number of ether oxygens (including phenoxy) is 3. The molecule has 13 nitrogen and oxygen atoms in total. The molecule has 0 fully saturated rings. The molecule has 48 heavy (non-hydrogen) atoms. The van der Waals surface area contributed by atoms with Crippen LogP contribution in [0.3, 0.4) is 0 Å². The Morgan fingerprint density at radius 1 is 0.667 bits per heavy atom. The van der Waals surface area contributed by atoms with Crippen LogP contribution in [-0.2, 0) is 33.4 Å². The van der Waals surface area contributed by atoms with Gasteiger partial charge < -0.3 is 35.5 Å². The van der Waals surface area contributed by atoms with Crippen LogP contribution in [0.2, 0.25) is 0 Å². The van der Waals surface area contributed by atoms with Crippen molar-refractivity contribution >= 4 is 35.4 Å². The van der Waals surface area contributed by atoms with Crippen molar-refractivity contribution < 1.29 is 38.2 Å². The molecular weight excluding hydrogens is 618 g/mol. The highest BCUT2D eigenvalue weighted by atomic mass is 16.6. The molecule has 0 aliphatic carbocycles. The van der Waals surface area contributed by atoms with Crippen LogP contribution in [0.15, 0.2) is 18.2 Å². The zero-order chi connectivity index (χ0) is 35.6. The van der Waals surface area contributed by atoms with Gasteiger partial charge in [-0.2, -0.15) is 0 Å². The lowest BCUT2D eigenvalue weighted by molar-refractivity contribution is -0.149. The number of unbranched alkanes of at least 4 members (excludes halogenated alkanes) is 10. The number of nitrogens with zero attached hydrogens (tertiary/aromatic N) is 1. The number of esters is 1. The van der Waals surface area contributed by atoms with E-state index >= 15 is 0 Å². The van der Waals surface area contributed by atoms with Gasteiger partial charge in [0.15, 0.2) is 0 Å². The van der Waals surface area contributed by atoms with Crippen LogP contribution in [-0.4, -0.2) is 85.7 Å². The second-order valence-electron chi connectivity index (χ2n) is 11.9. The third kappa shape index (κ3) is 19.9. The van der Waals surface area contributed by atoms with Crippen molar-refractivity contribution in [2.24, 2.45) is 0 Å². The molecule has 1 aromatic heterocycles. The van der Waals surface area contributed by atoms with Crippen molar-refractivity contribution in [1.29, 1.82) is 0 Å². The Labute approximate surface area is 286 Å². The molecule has 1 rings (SSSR count). The largest absolute Gasteiger partial charge is 0.462 e. The molecule has 13 heteroatoms. The smallest absolute Gasteiger partial charge is 0.328 e. The first-order valence-electron chi connectivity index (χ1n) is 17.6. The first-order valence-corrected chi connectivity index (χ1v) is 17.6. The predicted octanol–water partition coefficient (Wildman–Crippen LogP) is 4.45. The van der Waals surface area contributed by atoms with Gasteiger partial charge in [-0.3, -0.25) is 19.2 Å². The first-order chi connectivity index (χ1) is 23.1. The number of amides is 4. The summed E-state index contributed by atoms with van der Waals surface area (Å²) in [5.41, 5.74) is -0.0302. The molecule has 0 unspecified atom stereocenters. The molecule has 0 aromatic carbocycles. The Kier molecular flexibility index (Phi) is 23.3. The second kappa shape index (κ2) is 26.4. The van der Waals surface area contributed by atoms with E-state index in [1.54, 1.807) is 6.92 Å². The van der Waals surface area contributed by atoms with E-state index in [9.17, 15) is 24.0 Å². The van der Waals surface area contributed by atoms with E-state index in [-0.39, 0.29) is 30.6 Å². The Hall–Kier alpha value is -3.58. The third-order valence-corrected chi connectivity index (χ3v) is 7.51. The number of nitrogens with one attached hydrogen (secondary N) is 4. The molecule has 0 bridgehead atoms. The summed E-state index contributed by atoms with van der Waals surface area (Å²) in [5.74, 6) is -2.43. The van der Waals surface area contributed by atoms with Crippen LogP contribution < -0.4 is 21.3 Å². The van der Waals surface area contributed by atoms with Gasteiger partial charge in [0.2, 0.25) is 17.7 Å². The maximum atomic E-state index is 12.8. The van der Waals surface area contributed by atoms with Crippen LogP contribution in [0.1, 0.15) is 122 Å². The normalized spacial score (nSPS) is 12.8. The maximum Gasteiger partial charge on any atom is 0.328 e. The summed E-state index contributed by atoms with van der Waals surface area (Å²) in [4.78, 5) is 66.7. The van der Waals surface area contributed by atoms with Gasteiger partial charge in [0.25, 0.3) is 5.91 Å². The Morgan fingerprint density at radius 3 is 1.90 bits per heavy atom. The zero-order valence-electron chi connectivity index (χ0n) is 29.7. The lowest BCUT2D eigenvalue weighted by atomic mass is 10.1. The second-order valence-corrected chi connectivity index (χ2v) is 11.9. The van der Waals surface area contributed by atoms with Crippen LogP contribution in [0.25, 0.3) is 0 Å². The number of hydrogen-bond acceptors (Lipinski definition) is 9. The van der Waals surface area contributed by atoms with E-state index in [2.05, 4.69) is 33.2 Å². The summed E-state index contributed by atoms with van der Waals surface area (Å²) < 4.78 is 15.5. The summed E-state index contributed by atoms with van der Waals surface area (Å²) >= 11 is 0. The monoisotopic (exact) mass is 677 g/mol. The molecule has 1 aromatic rings. The molecule has 4 N–H and O–H groups in total. The van der Waals surface area contributed by atoms with E-state index in [1.807, 2.05) is 6.92 Å². The van der Waals surface area contributed by atoms with Gasteiger partial charge in [-0.25, -0.2) is 9.78 Å². The fourth-order valence-electron chi connectivity index (χ4n) is 4.62. The molecule has 4 amide bonds. The summed E-state index contributed by atoms with van der Waals surface area (Å²) in [5, 5.41) is 10.4. The lowest BCUT2D eigenvalue weighted by Gasteiger charge is -2.18. The Bertz CT molecular complexity index is 1100. The van der Waals surface area contributed by atoms with Crippen molar-refractivity contribution in [2.75, 3.05) is 38.4 Å². The van der Waals surface area contributed by atoms with Gasteiger partial charge in [-0.15, -0.1) is 0 Å². The molecule has 0 saturated heterocycles. The van der Waals surface area contributed by atoms with Crippen molar-refractivity contribution in [2.45, 2.75) is 130 Å². The van der Waals surface area contributed by atoms with Gasteiger partial charge in [-0.05, 0) is 46.2 Å². The number of carbonyl (C=O) groups is 5. The lowest BCUT2D eigenvalue weighted by Crippen LogP contribution is -2.49. The number of rotatable bonds is 27. The van der Waals surface area contributed by atoms with Gasteiger partial charge in [0.05, 0.1) is 19.8 Å². The molecular formula is C35H59N5O8. The van der Waals surface area contributed by atoms with Gasteiger partial charge in [0, 0.05) is 13.0 Å². The van der Waals surface area contributed by atoms with E-state index in [0.717, 1.165) is 19.3 Å². The fourth-order valence-corrected chi connectivity index (χ4v) is 4.62. The molecule has 0 aliphatic rings. The Morgan fingerprint density at radius 2 is 1.25 bits per heavy atom. The molecule has 1 heterocycles. The summed E-state index contributed by atoms with van der Waals surface area (Å²) in [6.07, 6.45) is 13.5. The highest BCUT2D eigenvalue weighted by Gasteiger charge is 2.23. The standard InChI is InChI=1S/C35H59N5O8/c1-6-8-9-10-11-12-13-14-15-16-17-21-31(41)36-26(3)33(43)40-30-20-18-19-29(39-30)34(44)37-27(4)32(42)38-28(5)35(45)48-25-24-47-23-22-46-7-2/h18-20,26-28H,6-17,21-25H2,1-5H3,(H,36,41)(H,37,44)(H,38,42)(H,39,40,43)/t26-,27-,28+/m0/s1. The topological polar surface area (TPSA) is 174 Å². The highest BCUT2D eigenvalue weighted by molar-refractivity contribution is 5.99. The average molecular weight is 678 g/mol. The van der Waals surface area contributed by atoms with Crippen LogP contribution in [0, 0.1) is 0 Å². The van der Waals surface area contributed by atoms with Crippen molar-refractivity contribution in [1.82, 2.24) is 20.9 Å². The maximum absolute atomic E-state index is 12.8. The minimum absolute atomic E-state index is 0.0284. The molecule has 0 spiro atoms.